The minimum Gasteiger partial charge on any atom is -0.339 e. The normalized spacial score (nSPS) is 19.7. The van der Waals surface area contributed by atoms with Gasteiger partial charge < -0.3 is 15.1 Å². The first-order valence-corrected chi connectivity index (χ1v) is 7.85. The maximum atomic E-state index is 12.8. The van der Waals surface area contributed by atoms with Crippen LogP contribution < -0.4 is 5.32 Å². The molecule has 1 aliphatic heterocycles. The Labute approximate surface area is 135 Å². The molecule has 1 aromatic carbocycles. The lowest BCUT2D eigenvalue weighted by atomic mass is 10.0. The third-order valence-electron chi connectivity index (χ3n) is 4.68. The molecule has 23 heavy (non-hydrogen) atoms. The van der Waals surface area contributed by atoms with Gasteiger partial charge in [0.15, 0.2) is 0 Å². The lowest BCUT2D eigenvalue weighted by Gasteiger charge is -2.34. The maximum absolute atomic E-state index is 12.8. The van der Waals surface area contributed by atoms with E-state index in [1.807, 2.05) is 7.05 Å². The minimum absolute atomic E-state index is 0.0717. The Balaban J connectivity index is 1.71. The zero-order valence-corrected chi connectivity index (χ0v) is 13.2. The van der Waals surface area contributed by atoms with Gasteiger partial charge in [-0.2, -0.15) is 5.26 Å². The zero-order valence-electron chi connectivity index (χ0n) is 13.2. The lowest BCUT2D eigenvalue weighted by Crippen LogP contribution is -2.51. The quantitative estimate of drug-likeness (QED) is 0.847. The highest BCUT2D eigenvalue weighted by Gasteiger charge is 2.58. The third kappa shape index (κ3) is 2.92. The summed E-state index contributed by atoms with van der Waals surface area (Å²) in [4.78, 5) is 29.4. The molecular weight excluding hydrogens is 292 g/mol. The number of benzene rings is 1. The highest BCUT2D eigenvalue weighted by molar-refractivity contribution is 6.13. The molecular formula is C17H20N4O2. The largest absolute Gasteiger partial charge is 0.339 e. The average Bonchev–Trinajstić information content (AvgIpc) is 3.37. The summed E-state index contributed by atoms with van der Waals surface area (Å²) in [6, 6.07) is 8.90. The predicted octanol–water partition coefficient (Wildman–Crippen LogP) is 1.05. The van der Waals surface area contributed by atoms with E-state index >= 15 is 0 Å². The summed E-state index contributed by atoms with van der Waals surface area (Å²) in [5, 5.41) is 11.9. The number of nitrogens with one attached hydrogen (secondary N) is 1. The van der Waals surface area contributed by atoms with Crippen molar-refractivity contribution in [2.45, 2.75) is 12.8 Å². The molecule has 3 rings (SSSR count). The smallest absolute Gasteiger partial charge is 0.240 e. The number of hydrogen-bond acceptors (Lipinski definition) is 4. The van der Waals surface area contributed by atoms with Crippen LogP contribution in [0.15, 0.2) is 24.3 Å². The van der Waals surface area contributed by atoms with Gasteiger partial charge in [-0.3, -0.25) is 9.59 Å². The van der Waals surface area contributed by atoms with Gasteiger partial charge in [-0.05, 0) is 32.0 Å². The number of hydrogen-bond donors (Lipinski definition) is 1. The van der Waals surface area contributed by atoms with E-state index in [-0.39, 0.29) is 11.8 Å². The van der Waals surface area contributed by atoms with E-state index < -0.39 is 5.41 Å². The van der Waals surface area contributed by atoms with Crippen LogP contribution in [0.5, 0.6) is 0 Å². The molecule has 2 aliphatic rings. The number of rotatable bonds is 3. The Kier molecular flexibility index (Phi) is 4.05. The standard InChI is InChI=1S/C17H20N4O2/c1-20-8-10-21(11-9-20)16(23)17(6-7-17)15(22)19-14-5-3-2-4-13(14)12-18/h2-5H,6-11H2,1H3,(H,19,22). The second kappa shape index (κ2) is 6.01. The number of likely N-dealkylation sites (N-methyl/N-ethyl adjacent to an activating group) is 1. The van der Waals surface area contributed by atoms with Gasteiger partial charge in [0.2, 0.25) is 11.8 Å². The van der Waals surface area contributed by atoms with Gasteiger partial charge in [0, 0.05) is 26.2 Å². The SMILES string of the molecule is CN1CCN(C(=O)C2(C(=O)Nc3ccccc3C#N)CC2)CC1. The van der Waals surface area contributed by atoms with Crippen molar-refractivity contribution in [3.63, 3.8) is 0 Å². The Morgan fingerprint density at radius 2 is 1.83 bits per heavy atom. The van der Waals surface area contributed by atoms with E-state index in [1.54, 1.807) is 29.2 Å². The van der Waals surface area contributed by atoms with Crippen LogP contribution in [0.1, 0.15) is 18.4 Å². The zero-order chi connectivity index (χ0) is 16.4. The second-order valence-corrected chi connectivity index (χ2v) is 6.29. The van der Waals surface area contributed by atoms with E-state index in [4.69, 9.17) is 5.26 Å². The molecule has 6 nitrogen and oxygen atoms in total. The monoisotopic (exact) mass is 312 g/mol. The van der Waals surface area contributed by atoms with Gasteiger partial charge in [0.05, 0.1) is 11.3 Å². The second-order valence-electron chi connectivity index (χ2n) is 6.29. The van der Waals surface area contributed by atoms with E-state index in [0.717, 1.165) is 13.1 Å². The molecule has 1 heterocycles. The van der Waals surface area contributed by atoms with Gasteiger partial charge >= 0.3 is 0 Å². The van der Waals surface area contributed by atoms with Gasteiger partial charge in [0.1, 0.15) is 11.5 Å². The fourth-order valence-electron chi connectivity index (χ4n) is 2.91. The topological polar surface area (TPSA) is 76.4 Å². The fourth-order valence-corrected chi connectivity index (χ4v) is 2.91. The van der Waals surface area contributed by atoms with Crippen molar-refractivity contribution >= 4 is 17.5 Å². The van der Waals surface area contributed by atoms with Crippen molar-refractivity contribution in [2.24, 2.45) is 5.41 Å². The summed E-state index contributed by atoms with van der Waals surface area (Å²) in [5.74, 6) is -0.360. The molecule has 120 valence electrons. The Morgan fingerprint density at radius 3 is 2.43 bits per heavy atom. The van der Waals surface area contributed by atoms with Gasteiger partial charge in [0.25, 0.3) is 0 Å². The molecule has 1 N–H and O–H groups in total. The Bertz CT molecular complexity index is 667. The first-order valence-electron chi connectivity index (χ1n) is 7.85. The summed E-state index contributed by atoms with van der Waals surface area (Å²) in [5.41, 5.74) is -0.0560. The summed E-state index contributed by atoms with van der Waals surface area (Å²) >= 11 is 0. The van der Waals surface area contributed by atoms with Crippen molar-refractivity contribution in [1.82, 2.24) is 9.80 Å². The summed E-state index contributed by atoms with van der Waals surface area (Å²) in [6.45, 7) is 3.00. The van der Waals surface area contributed by atoms with Crippen molar-refractivity contribution in [1.29, 1.82) is 5.26 Å². The highest BCUT2D eigenvalue weighted by Crippen LogP contribution is 2.48. The number of carbonyl (C=O) groups is 2. The number of piperazine rings is 1. The number of nitrogens with zero attached hydrogens (tertiary/aromatic N) is 3. The van der Waals surface area contributed by atoms with Crippen LogP contribution in [-0.4, -0.2) is 54.8 Å². The van der Waals surface area contributed by atoms with E-state index in [2.05, 4.69) is 16.3 Å². The molecule has 2 fully saturated rings. The van der Waals surface area contributed by atoms with Gasteiger partial charge in [-0.25, -0.2) is 0 Å². The molecule has 1 aromatic rings. The van der Waals surface area contributed by atoms with E-state index in [0.29, 0.717) is 37.2 Å². The van der Waals surface area contributed by atoms with Crippen LogP contribution in [0.25, 0.3) is 0 Å². The molecule has 1 saturated carbocycles. The van der Waals surface area contributed by atoms with Crippen LogP contribution >= 0.6 is 0 Å². The molecule has 1 saturated heterocycles. The summed E-state index contributed by atoms with van der Waals surface area (Å²) < 4.78 is 0. The van der Waals surface area contributed by atoms with Crippen LogP contribution in [0, 0.1) is 16.7 Å². The Morgan fingerprint density at radius 1 is 1.17 bits per heavy atom. The number of anilines is 1. The molecule has 0 aromatic heterocycles. The minimum atomic E-state index is -0.932. The van der Waals surface area contributed by atoms with Gasteiger partial charge in [-0.15, -0.1) is 0 Å². The number of carbonyl (C=O) groups excluding carboxylic acids is 2. The van der Waals surface area contributed by atoms with E-state index in [9.17, 15) is 9.59 Å². The van der Waals surface area contributed by atoms with Crippen molar-refractivity contribution in [3.8, 4) is 6.07 Å². The maximum Gasteiger partial charge on any atom is 0.240 e. The molecule has 2 amide bonds. The van der Waals surface area contributed by atoms with Crippen LogP contribution in [-0.2, 0) is 9.59 Å². The number of amides is 2. The molecule has 0 spiro atoms. The molecule has 0 atom stereocenters. The molecule has 0 unspecified atom stereocenters. The van der Waals surface area contributed by atoms with Gasteiger partial charge in [-0.1, -0.05) is 12.1 Å². The lowest BCUT2D eigenvalue weighted by molar-refractivity contribution is -0.143. The third-order valence-corrected chi connectivity index (χ3v) is 4.68. The molecule has 6 heteroatoms. The Hall–Kier alpha value is -2.39. The first kappa shape index (κ1) is 15.5. The number of nitriles is 1. The van der Waals surface area contributed by atoms with Crippen molar-refractivity contribution < 1.29 is 9.59 Å². The van der Waals surface area contributed by atoms with Crippen LogP contribution in [0.3, 0.4) is 0 Å². The molecule has 1 aliphatic carbocycles. The predicted molar refractivity (Wildman–Crippen MR) is 85.5 cm³/mol. The summed E-state index contributed by atoms with van der Waals surface area (Å²) in [7, 11) is 2.03. The van der Waals surface area contributed by atoms with Crippen molar-refractivity contribution in [3.05, 3.63) is 29.8 Å². The highest BCUT2D eigenvalue weighted by atomic mass is 16.2. The van der Waals surface area contributed by atoms with E-state index in [1.165, 1.54) is 0 Å². The fraction of sp³-hybridized carbons (Fsp3) is 0.471. The first-order chi connectivity index (χ1) is 11.1. The van der Waals surface area contributed by atoms with Crippen LogP contribution in [0.4, 0.5) is 5.69 Å². The average molecular weight is 312 g/mol. The molecule has 0 bridgehead atoms. The number of para-hydroxylation sites is 1. The molecule has 0 radical (unpaired) electrons. The van der Waals surface area contributed by atoms with Crippen LogP contribution in [0.2, 0.25) is 0 Å². The summed E-state index contributed by atoms with van der Waals surface area (Å²) in [6.07, 6.45) is 1.16. The van der Waals surface area contributed by atoms with Crippen molar-refractivity contribution in [2.75, 3.05) is 38.5 Å².